The second-order valence-electron chi connectivity index (χ2n) is 5.31. The zero-order valence-corrected chi connectivity index (χ0v) is 13.0. The Morgan fingerprint density at radius 1 is 1.57 bits per heavy atom. The van der Waals surface area contributed by atoms with Gasteiger partial charge in [0, 0.05) is 23.4 Å². The number of rotatable bonds is 5. The first-order valence-electron chi connectivity index (χ1n) is 7.35. The Balaban J connectivity index is 1.84. The quantitative estimate of drug-likeness (QED) is 0.889. The molecule has 114 valence electrons. The van der Waals surface area contributed by atoms with Gasteiger partial charge in [-0.25, -0.2) is 4.68 Å². The highest BCUT2D eigenvalue weighted by Gasteiger charge is 2.18. The van der Waals surface area contributed by atoms with E-state index in [0.717, 1.165) is 28.6 Å². The summed E-state index contributed by atoms with van der Waals surface area (Å²) in [7, 11) is 0. The van der Waals surface area contributed by atoms with Crippen molar-refractivity contribution in [2.24, 2.45) is 0 Å². The molecule has 1 saturated heterocycles. The second-order valence-corrected chi connectivity index (χ2v) is 6.46. The van der Waals surface area contributed by atoms with Crippen LogP contribution in [-0.2, 0) is 6.54 Å². The number of aryl methyl sites for hydroxylation is 1. The van der Waals surface area contributed by atoms with Gasteiger partial charge in [-0.3, -0.25) is 0 Å². The van der Waals surface area contributed by atoms with Gasteiger partial charge in [0.05, 0.1) is 25.1 Å². The Kier molecular flexibility index (Phi) is 4.55. The van der Waals surface area contributed by atoms with Crippen LogP contribution in [0.25, 0.3) is 11.3 Å². The van der Waals surface area contributed by atoms with Gasteiger partial charge in [-0.15, -0.1) is 0 Å². The number of nitrogens with zero attached hydrogens (tertiary/aromatic N) is 2. The molecule has 0 amide bonds. The molecule has 0 saturated carbocycles. The minimum atomic E-state index is 0.0829. The Morgan fingerprint density at radius 2 is 2.48 bits per heavy atom. The summed E-state index contributed by atoms with van der Waals surface area (Å²) in [5, 5.41) is 17.4. The first-order chi connectivity index (χ1) is 10.3. The summed E-state index contributed by atoms with van der Waals surface area (Å²) in [5.74, 6) is 4.23. The highest BCUT2D eigenvalue weighted by Crippen LogP contribution is 2.27. The van der Waals surface area contributed by atoms with Crippen LogP contribution in [0.1, 0.15) is 18.6 Å². The molecule has 2 N–H and O–H groups in total. The van der Waals surface area contributed by atoms with Crippen molar-refractivity contribution in [3.63, 3.8) is 0 Å². The van der Waals surface area contributed by atoms with Gasteiger partial charge in [0.15, 0.2) is 0 Å². The number of thioether (sulfide) groups is 1. The number of aliphatic hydroxyl groups is 1. The van der Waals surface area contributed by atoms with Crippen LogP contribution in [0.5, 0.6) is 0 Å². The van der Waals surface area contributed by atoms with E-state index in [9.17, 15) is 5.11 Å². The zero-order chi connectivity index (χ0) is 14.7. The molecule has 21 heavy (non-hydrogen) atoms. The van der Waals surface area contributed by atoms with Crippen molar-refractivity contribution in [2.45, 2.75) is 32.4 Å². The molecular weight excluding hydrogens is 286 g/mol. The van der Waals surface area contributed by atoms with E-state index in [1.807, 2.05) is 35.5 Å². The fourth-order valence-electron chi connectivity index (χ4n) is 2.64. The molecule has 3 rings (SSSR count). The average molecular weight is 307 g/mol. The van der Waals surface area contributed by atoms with E-state index in [4.69, 9.17) is 4.42 Å². The molecule has 1 atom stereocenters. The standard InChI is InChI=1S/C15H21N3O2S/c1-11-13(4-7-20-11)14-9-15(18(17-14)5-6-19)16-12-3-2-8-21-10-12/h4,7,9,12,16,19H,2-3,5-6,8,10H2,1H3/t12-/m1/s1. The van der Waals surface area contributed by atoms with E-state index in [-0.39, 0.29) is 6.61 Å². The maximum absolute atomic E-state index is 9.23. The molecule has 1 aliphatic heterocycles. The van der Waals surface area contributed by atoms with Crippen LogP contribution < -0.4 is 5.32 Å². The summed E-state index contributed by atoms with van der Waals surface area (Å²) in [5.41, 5.74) is 1.90. The third kappa shape index (κ3) is 3.27. The average Bonchev–Trinajstić information content (AvgIpc) is 3.07. The van der Waals surface area contributed by atoms with Crippen molar-refractivity contribution >= 4 is 17.6 Å². The van der Waals surface area contributed by atoms with E-state index >= 15 is 0 Å². The Morgan fingerprint density at radius 3 is 3.14 bits per heavy atom. The van der Waals surface area contributed by atoms with E-state index in [1.165, 1.54) is 18.6 Å². The van der Waals surface area contributed by atoms with E-state index in [1.54, 1.807) is 6.26 Å². The van der Waals surface area contributed by atoms with Gasteiger partial charge in [-0.1, -0.05) is 0 Å². The van der Waals surface area contributed by atoms with Gasteiger partial charge in [-0.2, -0.15) is 16.9 Å². The summed E-state index contributed by atoms with van der Waals surface area (Å²) < 4.78 is 7.20. The van der Waals surface area contributed by atoms with Gasteiger partial charge in [0.25, 0.3) is 0 Å². The summed E-state index contributed by atoms with van der Waals surface area (Å²) in [6, 6.07) is 4.46. The number of hydrogen-bond donors (Lipinski definition) is 2. The van der Waals surface area contributed by atoms with E-state index < -0.39 is 0 Å². The van der Waals surface area contributed by atoms with Gasteiger partial charge in [-0.05, 0) is 31.6 Å². The molecule has 5 nitrogen and oxygen atoms in total. The van der Waals surface area contributed by atoms with Crippen LogP contribution in [0.3, 0.4) is 0 Å². The van der Waals surface area contributed by atoms with Crippen LogP contribution in [0.4, 0.5) is 5.82 Å². The highest BCUT2D eigenvalue weighted by molar-refractivity contribution is 7.99. The molecular formula is C15H21N3O2S. The van der Waals surface area contributed by atoms with Crippen LogP contribution in [0.15, 0.2) is 22.8 Å². The van der Waals surface area contributed by atoms with E-state index in [0.29, 0.717) is 12.6 Å². The summed E-state index contributed by atoms with van der Waals surface area (Å²) >= 11 is 1.99. The first kappa shape index (κ1) is 14.5. The summed E-state index contributed by atoms with van der Waals surface area (Å²) in [6.07, 6.45) is 4.13. The molecule has 0 spiro atoms. The number of aromatic nitrogens is 2. The molecule has 0 radical (unpaired) electrons. The second kappa shape index (κ2) is 6.58. The fourth-order valence-corrected chi connectivity index (χ4v) is 3.72. The number of aliphatic hydroxyl groups excluding tert-OH is 1. The topological polar surface area (TPSA) is 63.2 Å². The Bertz CT molecular complexity index is 588. The van der Waals surface area contributed by atoms with Gasteiger partial charge >= 0.3 is 0 Å². The molecule has 0 aromatic carbocycles. The number of nitrogens with one attached hydrogen (secondary N) is 1. The summed E-state index contributed by atoms with van der Waals surface area (Å²) in [4.78, 5) is 0. The van der Waals surface area contributed by atoms with E-state index in [2.05, 4.69) is 10.4 Å². The minimum Gasteiger partial charge on any atom is -0.469 e. The van der Waals surface area contributed by atoms with Crippen molar-refractivity contribution in [1.82, 2.24) is 9.78 Å². The fraction of sp³-hybridized carbons (Fsp3) is 0.533. The predicted molar refractivity (Wildman–Crippen MR) is 85.7 cm³/mol. The largest absolute Gasteiger partial charge is 0.469 e. The van der Waals surface area contributed by atoms with Gasteiger partial charge in [0.1, 0.15) is 11.6 Å². The molecule has 0 bridgehead atoms. The molecule has 6 heteroatoms. The normalized spacial score (nSPS) is 18.9. The monoisotopic (exact) mass is 307 g/mol. The van der Waals surface area contributed by atoms with Crippen LogP contribution in [0.2, 0.25) is 0 Å². The number of anilines is 1. The van der Waals surface area contributed by atoms with Gasteiger partial charge < -0.3 is 14.8 Å². The van der Waals surface area contributed by atoms with Crippen molar-refractivity contribution in [1.29, 1.82) is 0 Å². The lowest BCUT2D eigenvalue weighted by Crippen LogP contribution is -2.27. The highest BCUT2D eigenvalue weighted by atomic mass is 32.2. The molecule has 3 heterocycles. The molecule has 1 fully saturated rings. The first-order valence-corrected chi connectivity index (χ1v) is 8.51. The molecule has 0 aliphatic carbocycles. The smallest absolute Gasteiger partial charge is 0.125 e. The maximum atomic E-state index is 9.23. The van der Waals surface area contributed by atoms with Crippen LogP contribution in [-0.4, -0.2) is 39.0 Å². The molecule has 1 aliphatic rings. The number of furan rings is 1. The summed E-state index contributed by atoms with van der Waals surface area (Å²) in [6.45, 7) is 2.52. The van der Waals surface area contributed by atoms with Crippen LogP contribution >= 0.6 is 11.8 Å². The zero-order valence-electron chi connectivity index (χ0n) is 12.2. The lowest BCUT2D eigenvalue weighted by molar-refractivity contribution is 0.270. The lowest BCUT2D eigenvalue weighted by Gasteiger charge is -2.23. The Labute approximate surface area is 128 Å². The van der Waals surface area contributed by atoms with Crippen LogP contribution in [0, 0.1) is 6.92 Å². The lowest BCUT2D eigenvalue weighted by atomic mass is 10.2. The van der Waals surface area contributed by atoms with Crippen molar-refractivity contribution < 1.29 is 9.52 Å². The third-order valence-corrected chi connectivity index (χ3v) is 4.95. The number of hydrogen-bond acceptors (Lipinski definition) is 5. The predicted octanol–water partition coefficient (Wildman–Crippen LogP) is 2.75. The third-order valence-electron chi connectivity index (χ3n) is 3.74. The molecule has 0 unspecified atom stereocenters. The van der Waals surface area contributed by atoms with Crippen molar-refractivity contribution in [3.05, 3.63) is 24.2 Å². The van der Waals surface area contributed by atoms with Crippen molar-refractivity contribution in [2.75, 3.05) is 23.4 Å². The molecule has 2 aromatic heterocycles. The molecule has 2 aromatic rings. The van der Waals surface area contributed by atoms with Crippen molar-refractivity contribution in [3.8, 4) is 11.3 Å². The van der Waals surface area contributed by atoms with Gasteiger partial charge in [0.2, 0.25) is 0 Å². The minimum absolute atomic E-state index is 0.0829. The maximum Gasteiger partial charge on any atom is 0.125 e. The SMILES string of the molecule is Cc1occc1-c1cc(N[C@@H]2CCCSC2)n(CCO)n1. The Hall–Kier alpha value is -1.40.